The number of aromatic nitrogens is 1. The van der Waals surface area contributed by atoms with Gasteiger partial charge >= 0.3 is 11.2 Å². The lowest BCUT2D eigenvalue weighted by atomic mass is 10.1. The maximum absolute atomic E-state index is 13.8. The molecule has 3 aromatic rings. The molecule has 0 unspecified atom stereocenters. The monoisotopic (exact) mass is 387 g/mol. The smallest absolute Gasteiger partial charge is 0.406 e. The SMILES string of the molecule is O=c1scc(-c2ccc(S)c(F)c2)n1-c1cccc(OC(F)(F)F)c1. The highest BCUT2D eigenvalue weighted by molar-refractivity contribution is 7.80. The topological polar surface area (TPSA) is 31.2 Å². The fourth-order valence-electron chi connectivity index (χ4n) is 2.24. The van der Waals surface area contributed by atoms with E-state index < -0.39 is 22.8 Å². The highest BCUT2D eigenvalue weighted by Crippen LogP contribution is 2.29. The van der Waals surface area contributed by atoms with E-state index in [1.165, 1.54) is 34.2 Å². The number of nitrogens with zero attached hydrogens (tertiary/aromatic N) is 1. The van der Waals surface area contributed by atoms with Crippen LogP contribution in [-0.4, -0.2) is 10.9 Å². The summed E-state index contributed by atoms with van der Waals surface area (Å²) in [5, 5.41) is 1.51. The summed E-state index contributed by atoms with van der Waals surface area (Å²) in [6.07, 6.45) is -4.84. The average Bonchev–Trinajstić information content (AvgIpc) is 2.90. The Labute approximate surface area is 148 Å². The highest BCUT2D eigenvalue weighted by atomic mass is 32.1. The fourth-order valence-corrected chi connectivity index (χ4v) is 3.14. The van der Waals surface area contributed by atoms with Gasteiger partial charge in [0.15, 0.2) is 0 Å². The molecule has 130 valence electrons. The summed E-state index contributed by atoms with van der Waals surface area (Å²) in [6.45, 7) is 0. The molecule has 0 aliphatic rings. The van der Waals surface area contributed by atoms with E-state index in [4.69, 9.17) is 0 Å². The molecule has 1 aromatic heterocycles. The summed E-state index contributed by atoms with van der Waals surface area (Å²) >= 11 is 4.80. The van der Waals surface area contributed by atoms with Crippen LogP contribution in [0.25, 0.3) is 16.9 Å². The minimum atomic E-state index is -4.84. The first-order valence-corrected chi connectivity index (χ1v) is 8.13. The molecule has 0 atom stereocenters. The van der Waals surface area contributed by atoms with Crippen LogP contribution in [0.2, 0.25) is 0 Å². The van der Waals surface area contributed by atoms with Crippen molar-refractivity contribution in [3.8, 4) is 22.7 Å². The summed E-state index contributed by atoms with van der Waals surface area (Å²) in [6, 6.07) is 9.23. The van der Waals surface area contributed by atoms with E-state index in [1.807, 2.05) is 0 Å². The molecule has 0 spiro atoms. The van der Waals surface area contributed by atoms with E-state index in [0.29, 0.717) is 11.3 Å². The van der Waals surface area contributed by atoms with Crippen molar-refractivity contribution in [1.29, 1.82) is 0 Å². The van der Waals surface area contributed by atoms with Crippen LogP contribution in [0.15, 0.2) is 57.5 Å². The van der Waals surface area contributed by atoms with Gasteiger partial charge in [0, 0.05) is 21.9 Å². The van der Waals surface area contributed by atoms with Crippen LogP contribution in [0.4, 0.5) is 17.6 Å². The van der Waals surface area contributed by atoms with Gasteiger partial charge in [0.1, 0.15) is 11.6 Å². The zero-order valence-electron chi connectivity index (χ0n) is 12.2. The molecule has 3 rings (SSSR count). The van der Waals surface area contributed by atoms with Gasteiger partial charge in [-0.2, -0.15) is 0 Å². The fraction of sp³-hybridized carbons (Fsp3) is 0.0625. The Kier molecular flexibility index (Phi) is 4.61. The Balaban J connectivity index is 2.10. The van der Waals surface area contributed by atoms with Crippen molar-refractivity contribution in [3.05, 3.63) is 63.3 Å². The zero-order chi connectivity index (χ0) is 18.2. The normalized spacial score (nSPS) is 11.6. The molecule has 0 radical (unpaired) electrons. The lowest BCUT2D eigenvalue weighted by Crippen LogP contribution is -2.18. The van der Waals surface area contributed by atoms with Crippen molar-refractivity contribution in [2.24, 2.45) is 0 Å². The second-order valence-electron chi connectivity index (χ2n) is 4.93. The third kappa shape index (κ3) is 3.88. The van der Waals surface area contributed by atoms with Gasteiger partial charge in [-0.05, 0) is 24.3 Å². The molecule has 0 fully saturated rings. The van der Waals surface area contributed by atoms with Crippen molar-refractivity contribution >= 4 is 24.0 Å². The lowest BCUT2D eigenvalue weighted by Gasteiger charge is -2.12. The predicted octanol–water partition coefficient (Wildman–Crippen LogP) is 4.89. The van der Waals surface area contributed by atoms with Crippen molar-refractivity contribution in [3.63, 3.8) is 0 Å². The van der Waals surface area contributed by atoms with E-state index in [0.717, 1.165) is 23.5 Å². The molecule has 3 nitrogen and oxygen atoms in total. The molecule has 0 amide bonds. The number of hydrogen-bond acceptors (Lipinski definition) is 4. The van der Waals surface area contributed by atoms with Gasteiger partial charge < -0.3 is 4.74 Å². The number of thiol groups is 1. The van der Waals surface area contributed by atoms with Gasteiger partial charge in [-0.15, -0.1) is 25.8 Å². The first kappa shape index (κ1) is 17.6. The first-order valence-electron chi connectivity index (χ1n) is 6.80. The molecule has 0 saturated heterocycles. The van der Waals surface area contributed by atoms with Crippen molar-refractivity contribution < 1.29 is 22.3 Å². The summed E-state index contributed by atoms with van der Waals surface area (Å²) < 4.78 is 56.0. The first-order chi connectivity index (χ1) is 11.7. The van der Waals surface area contributed by atoms with E-state index in [1.54, 1.807) is 6.07 Å². The predicted molar refractivity (Wildman–Crippen MR) is 89.2 cm³/mol. The number of ether oxygens (including phenoxy) is 1. The van der Waals surface area contributed by atoms with E-state index in [2.05, 4.69) is 17.4 Å². The van der Waals surface area contributed by atoms with Crippen LogP contribution in [0.3, 0.4) is 0 Å². The molecule has 0 saturated carbocycles. The van der Waals surface area contributed by atoms with Crippen molar-refractivity contribution in [2.75, 3.05) is 0 Å². The minimum absolute atomic E-state index is 0.147. The van der Waals surface area contributed by atoms with E-state index >= 15 is 0 Å². The van der Waals surface area contributed by atoms with Crippen LogP contribution < -0.4 is 9.61 Å². The molecular formula is C16H9F4NO2S2. The summed E-state index contributed by atoms with van der Waals surface area (Å²) in [4.78, 5) is 11.9. The van der Waals surface area contributed by atoms with Crippen LogP contribution >= 0.6 is 24.0 Å². The maximum atomic E-state index is 13.8. The van der Waals surface area contributed by atoms with E-state index in [-0.39, 0.29) is 10.6 Å². The van der Waals surface area contributed by atoms with Crippen molar-refractivity contribution in [2.45, 2.75) is 11.3 Å². The van der Waals surface area contributed by atoms with Crippen LogP contribution in [-0.2, 0) is 0 Å². The molecule has 9 heteroatoms. The number of benzene rings is 2. The number of hydrogen-bond donors (Lipinski definition) is 1. The van der Waals surface area contributed by atoms with Crippen molar-refractivity contribution in [1.82, 2.24) is 4.57 Å². The Hall–Kier alpha value is -2.26. The second kappa shape index (κ2) is 6.57. The Bertz CT molecular complexity index is 979. The van der Waals surface area contributed by atoms with Gasteiger partial charge in [-0.1, -0.05) is 23.5 Å². The highest BCUT2D eigenvalue weighted by Gasteiger charge is 2.31. The Morgan fingerprint density at radius 2 is 1.88 bits per heavy atom. The van der Waals surface area contributed by atoms with Crippen LogP contribution in [0, 0.1) is 5.82 Å². The molecule has 25 heavy (non-hydrogen) atoms. The molecule has 0 aliphatic heterocycles. The molecule has 0 N–H and O–H groups in total. The number of halogens is 4. The quantitative estimate of drug-likeness (QED) is 0.512. The lowest BCUT2D eigenvalue weighted by molar-refractivity contribution is -0.274. The molecule has 0 bridgehead atoms. The third-order valence-electron chi connectivity index (χ3n) is 3.25. The summed E-state index contributed by atoms with van der Waals surface area (Å²) in [7, 11) is 0. The van der Waals surface area contributed by atoms with Crippen LogP contribution in [0.5, 0.6) is 5.75 Å². The Morgan fingerprint density at radius 3 is 2.56 bits per heavy atom. The van der Waals surface area contributed by atoms with Crippen LogP contribution in [0.1, 0.15) is 0 Å². The van der Waals surface area contributed by atoms with Gasteiger partial charge in [0.05, 0.1) is 11.4 Å². The van der Waals surface area contributed by atoms with E-state index in [9.17, 15) is 22.4 Å². The summed E-state index contributed by atoms with van der Waals surface area (Å²) in [5.41, 5.74) is 0.931. The second-order valence-corrected chi connectivity index (χ2v) is 6.24. The molecule has 1 heterocycles. The molecular weight excluding hydrogens is 378 g/mol. The van der Waals surface area contributed by atoms with Gasteiger partial charge in [0.2, 0.25) is 0 Å². The minimum Gasteiger partial charge on any atom is -0.406 e. The summed E-state index contributed by atoms with van der Waals surface area (Å²) in [5.74, 6) is -1.02. The molecule has 0 aliphatic carbocycles. The number of rotatable bonds is 3. The standard InChI is InChI=1S/C16H9F4NO2S2/c17-12-6-9(4-5-14(12)24)13-8-25-15(22)21(13)10-2-1-3-11(7-10)23-16(18,19)20/h1-8,24H. The van der Waals surface area contributed by atoms with Gasteiger partial charge in [-0.3, -0.25) is 9.36 Å². The molecule has 2 aromatic carbocycles. The number of alkyl halides is 3. The largest absolute Gasteiger partial charge is 0.573 e. The maximum Gasteiger partial charge on any atom is 0.573 e. The number of thiazole rings is 1. The third-order valence-corrected chi connectivity index (χ3v) is 4.34. The zero-order valence-corrected chi connectivity index (χ0v) is 14.0. The average molecular weight is 387 g/mol. The Morgan fingerprint density at radius 1 is 1.12 bits per heavy atom. The van der Waals surface area contributed by atoms with Gasteiger partial charge in [0.25, 0.3) is 0 Å². The van der Waals surface area contributed by atoms with Gasteiger partial charge in [-0.25, -0.2) is 4.39 Å².